The fourth-order valence-electron chi connectivity index (χ4n) is 1.39. The van der Waals surface area contributed by atoms with Gasteiger partial charge in [0.2, 0.25) is 0 Å². The Kier molecular flexibility index (Phi) is 3.05. The number of nitrogens with one attached hydrogen (secondary N) is 1. The van der Waals surface area contributed by atoms with Crippen molar-refractivity contribution in [3.8, 4) is 0 Å². The third-order valence-electron chi connectivity index (χ3n) is 2.11. The van der Waals surface area contributed by atoms with E-state index in [9.17, 15) is 0 Å². The SMILES string of the molecule is Cc1ccc(C(NN)c2ccncn2)s1. The van der Waals surface area contributed by atoms with Gasteiger partial charge in [0.05, 0.1) is 11.7 Å². The van der Waals surface area contributed by atoms with Crippen molar-refractivity contribution in [2.45, 2.75) is 13.0 Å². The average Bonchev–Trinajstić information content (AvgIpc) is 2.68. The first-order chi connectivity index (χ1) is 7.31. The largest absolute Gasteiger partial charge is 0.270 e. The molecule has 2 aromatic heterocycles. The van der Waals surface area contributed by atoms with Crippen LogP contribution >= 0.6 is 11.3 Å². The highest BCUT2D eigenvalue weighted by Gasteiger charge is 2.14. The van der Waals surface area contributed by atoms with E-state index in [1.54, 1.807) is 17.5 Å². The molecule has 1 unspecified atom stereocenters. The molecule has 0 saturated carbocycles. The number of hydrogen-bond donors (Lipinski definition) is 2. The molecule has 2 aromatic rings. The normalized spacial score (nSPS) is 12.7. The highest BCUT2D eigenvalue weighted by atomic mass is 32.1. The number of aryl methyl sites for hydroxylation is 1. The molecule has 15 heavy (non-hydrogen) atoms. The monoisotopic (exact) mass is 220 g/mol. The molecule has 0 aliphatic rings. The van der Waals surface area contributed by atoms with Crippen molar-refractivity contribution in [2.75, 3.05) is 0 Å². The van der Waals surface area contributed by atoms with E-state index in [4.69, 9.17) is 5.84 Å². The van der Waals surface area contributed by atoms with Crippen molar-refractivity contribution in [2.24, 2.45) is 5.84 Å². The molecular formula is C10H12N4S. The Labute approximate surface area is 92.2 Å². The van der Waals surface area contributed by atoms with Gasteiger partial charge in [-0.25, -0.2) is 15.4 Å². The zero-order valence-electron chi connectivity index (χ0n) is 8.34. The lowest BCUT2D eigenvalue weighted by molar-refractivity contribution is 0.628. The van der Waals surface area contributed by atoms with E-state index in [1.807, 2.05) is 6.07 Å². The Hall–Kier alpha value is -1.30. The smallest absolute Gasteiger partial charge is 0.115 e. The Morgan fingerprint density at radius 2 is 2.27 bits per heavy atom. The Bertz CT molecular complexity index is 426. The van der Waals surface area contributed by atoms with Gasteiger partial charge in [-0.05, 0) is 25.1 Å². The molecular weight excluding hydrogens is 208 g/mol. The van der Waals surface area contributed by atoms with E-state index in [-0.39, 0.29) is 6.04 Å². The second kappa shape index (κ2) is 4.48. The van der Waals surface area contributed by atoms with Crippen LogP contribution < -0.4 is 11.3 Å². The van der Waals surface area contributed by atoms with Crippen molar-refractivity contribution in [3.05, 3.63) is 46.2 Å². The summed E-state index contributed by atoms with van der Waals surface area (Å²) in [6, 6.07) is 5.95. The van der Waals surface area contributed by atoms with Gasteiger partial charge in [-0.1, -0.05) is 0 Å². The second-order valence-corrected chi connectivity index (χ2v) is 4.50. The lowest BCUT2D eigenvalue weighted by Gasteiger charge is -2.12. The van der Waals surface area contributed by atoms with Crippen molar-refractivity contribution >= 4 is 11.3 Å². The zero-order valence-corrected chi connectivity index (χ0v) is 9.16. The maximum atomic E-state index is 5.54. The molecule has 0 aliphatic carbocycles. The van der Waals surface area contributed by atoms with E-state index in [0.29, 0.717) is 0 Å². The molecule has 0 aliphatic heterocycles. The van der Waals surface area contributed by atoms with Crippen molar-refractivity contribution < 1.29 is 0 Å². The molecule has 1 atom stereocenters. The first kappa shape index (κ1) is 10.2. The minimum absolute atomic E-state index is 0.0494. The van der Waals surface area contributed by atoms with Crippen LogP contribution in [0, 0.1) is 6.92 Å². The number of rotatable bonds is 3. The van der Waals surface area contributed by atoms with E-state index < -0.39 is 0 Å². The van der Waals surface area contributed by atoms with Gasteiger partial charge >= 0.3 is 0 Å². The third-order valence-corrected chi connectivity index (χ3v) is 3.18. The highest BCUT2D eigenvalue weighted by Crippen LogP contribution is 2.26. The number of thiophene rings is 1. The van der Waals surface area contributed by atoms with Gasteiger partial charge in [-0.3, -0.25) is 5.84 Å². The predicted molar refractivity (Wildman–Crippen MR) is 60.3 cm³/mol. The fraction of sp³-hybridized carbons (Fsp3) is 0.200. The predicted octanol–water partition coefficient (Wildman–Crippen LogP) is 1.40. The summed E-state index contributed by atoms with van der Waals surface area (Å²) in [6.07, 6.45) is 3.24. The van der Waals surface area contributed by atoms with E-state index in [1.165, 1.54) is 11.2 Å². The van der Waals surface area contributed by atoms with Gasteiger partial charge in [-0.2, -0.15) is 0 Å². The topological polar surface area (TPSA) is 63.8 Å². The average molecular weight is 220 g/mol. The van der Waals surface area contributed by atoms with Gasteiger partial charge < -0.3 is 0 Å². The van der Waals surface area contributed by atoms with Gasteiger partial charge in [0.15, 0.2) is 0 Å². The van der Waals surface area contributed by atoms with Gasteiger partial charge in [-0.15, -0.1) is 11.3 Å². The number of hydrazine groups is 1. The quantitative estimate of drug-likeness (QED) is 0.606. The number of hydrogen-bond acceptors (Lipinski definition) is 5. The molecule has 3 N–H and O–H groups in total. The first-order valence-corrected chi connectivity index (χ1v) is 5.41. The molecule has 2 rings (SSSR count). The van der Waals surface area contributed by atoms with Crippen LogP contribution in [0.3, 0.4) is 0 Å². The number of nitrogens with two attached hydrogens (primary N) is 1. The van der Waals surface area contributed by atoms with Crippen molar-refractivity contribution in [1.29, 1.82) is 0 Å². The van der Waals surface area contributed by atoms with Crippen LogP contribution in [-0.2, 0) is 0 Å². The minimum Gasteiger partial charge on any atom is -0.270 e. The molecule has 0 spiro atoms. The summed E-state index contributed by atoms with van der Waals surface area (Å²) >= 11 is 1.71. The van der Waals surface area contributed by atoms with Crippen LogP contribution in [0.15, 0.2) is 30.7 Å². The molecule has 2 heterocycles. The number of nitrogens with zero attached hydrogens (tertiary/aromatic N) is 2. The molecule has 0 radical (unpaired) electrons. The molecule has 5 heteroatoms. The van der Waals surface area contributed by atoms with Crippen molar-refractivity contribution in [3.63, 3.8) is 0 Å². The zero-order chi connectivity index (χ0) is 10.7. The molecule has 0 saturated heterocycles. The van der Waals surface area contributed by atoms with Crippen LogP contribution in [0.5, 0.6) is 0 Å². The van der Waals surface area contributed by atoms with Crippen molar-refractivity contribution in [1.82, 2.24) is 15.4 Å². The summed E-state index contributed by atoms with van der Waals surface area (Å²) in [5, 5.41) is 0. The molecule has 0 amide bonds. The first-order valence-electron chi connectivity index (χ1n) is 4.59. The highest BCUT2D eigenvalue weighted by molar-refractivity contribution is 7.12. The number of aromatic nitrogens is 2. The minimum atomic E-state index is -0.0494. The lowest BCUT2D eigenvalue weighted by Crippen LogP contribution is -2.28. The lowest BCUT2D eigenvalue weighted by atomic mass is 10.2. The summed E-state index contributed by atoms with van der Waals surface area (Å²) in [4.78, 5) is 10.5. The molecule has 4 nitrogen and oxygen atoms in total. The van der Waals surface area contributed by atoms with E-state index >= 15 is 0 Å². The summed E-state index contributed by atoms with van der Waals surface area (Å²) in [5.74, 6) is 5.54. The van der Waals surface area contributed by atoms with Gasteiger partial charge in [0.1, 0.15) is 6.33 Å². The van der Waals surface area contributed by atoms with Crippen LogP contribution in [0.2, 0.25) is 0 Å². The maximum Gasteiger partial charge on any atom is 0.115 e. The molecule has 78 valence electrons. The molecule has 0 fully saturated rings. The molecule has 0 bridgehead atoms. The van der Waals surface area contributed by atoms with Gasteiger partial charge in [0, 0.05) is 16.0 Å². The van der Waals surface area contributed by atoms with Crippen LogP contribution in [0.4, 0.5) is 0 Å². The maximum absolute atomic E-state index is 5.54. The third kappa shape index (κ3) is 2.20. The fourth-order valence-corrected chi connectivity index (χ4v) is 2.34. The van der Waals surface area contributed by atoms with Gasteiger partial charge in [0.25, 0.3) is 0 Å². The summed E-state index contributed by atoms with van der Waals surface area (Å²) in [7, 11) is 0. The van der Waals surface area contributed by atoms with E-state index in [2.05, 4.69) is 34.5 Å². The van der Waals surface area contributed by atoms with Crippen LogP contribution in [0.25, 0.3) is 0 Å². The molecule has 0 aromatic carbocycles. The summed E-state index contributed by atoms with van der Waals surface area (Å²) in [6.45, 7) is 2.07. The van der Waals surface area contributed by atoms with E-state index in [0.717, 1.165) is 10.6 Å². The Morgan fingerprint density at radius 1 is 1.40 bits per heavy atom. The Balaban J connectivity index is 2.33. The standard InChI is InChI=1S/C10H12N4S/c1-7-2-3-9(15-7)10(14-11)8-4-5-12-6-13-8/h2-6,10,14H,11H2,1H3. The Morgan fingerprint density at radius 3 is 2.80 bits per heavy atom. The second-order valence-electron chi connectivity index (χ2n) is 3.18. The van der Waals surface area contributed by atoms with Crippen LogP contribution in [-0.4, -0.2) is 9.97 Å². The summed E-state index contributed by atoms with van der Waals surface area (Å²) in [5.41, 5.74) is 3.65. The summed E-state index contributed by atoms with van der Waals surface area (Å²) < 4.78 is 0. The van der Waals surface area contributed by atoms with Crippen LogP contribution in [0.1, 0.15) is 21.5 Å².